The highest BCUT2D eigenvalue weighted by Crippen LogP contribution is 2.45. The van der Waals surface area contributed by atoms with Crippen LogP contribution in [0.15, 0.2) is 0 Å². The van der Waals surface area contributed by atoms with E-state index in [1.54, 1.807) is 0 Å². The third kappa shape index (κ3) is 3.19. The molecule has 1 saturated carbocycles. The second kappa shape index (κ2) is 6.93. The van der Waals surface area contributed by atoms with Gasteiger partial charge in [-0.2, -0.15) is 0 Å². The molecule has 2 aliphatic rings. The van der Waals surface area contributed by atoms with Crippen LogP contribution < -0.4 is 0 Å². The number of rotatable bonds is 4. The summed E-state index contributed by atoms with van der Waals surface area (Å²) < 4.78 is 5.28. The van der Waals surface area contributed by atoms with E-state index in [9.17, 15) is 4.79 Å². The van der Waals surface area contributed by atoms with Crippen molar-refractivity contribution in [2.45, 2.75) is 71.3 Å². The van der Waals surface area contributed by atoms with Gasteiger partial charge in [0.05, 0.1) is 13.0 Å². The van der Waals surface area contributed by atoms with Gasteiger partial charge in [0.2, 0.25) is 0 Å². The van der Waals surface area contributed by atoms with E-state index in [2.05, 4.69) is 18.7 Å². The van der Waals surface area contributed by atoms with Gasteiger partial charge in [0.1, 0.15) is 0 Å². The average molecular weight is 281 g/mol. The first-order valence-corrected chi connectivity index (χ1v) is 8.51. The molecule has 1 saturated heterocycles. The zero-order valence-electron chi connectivity index (χ0n) is 13.5. The molecule has 3 nitrogen and oxygen atoms in total. The van der Waals surface area contributed by atoms with Crippen LogP contribution in [0.4, 0.5) is 0 Å². The van der Waals surface area contributed by atoms with Crippen LogP contribution in [-0.4, -0.2) is 36.1 Å². The lowest BCUT2D eigenvalue weighted by Crippen LogP contribution is -2.59. The van der Waals surface area contributed by atoms with Crippen molar-refractivity contribution in [1.82, 2.24) is 4.90 Å². The van der Waals surface area contributed by atoms with Crippen LogP contribution in [0, 0.1) is 11.8 Å². The van der Waals surface area contributed by atoms with E-state index < -0.39 is 0 Å². The maximum Gasteiger partial charge on any atom is 0.307 e. The van der Waals surface area contributed by atoms with Crippen LogP contribution >= 0.6 is 0 Å². The Hall–Kier alpha value is -0.570. The first kappa shape index (κ1) is 15.8. The average Bonchev–Trinajstić information content (AvgIpc) is 2.45. The normalized spacial score (nSPS) is 35.8. The molecule has 2 rings (SSSR count). The van der Waals surface area contributed by atoms with E-state index in [1.807, 2.05) is 6.92 Å². The minimum Gasteiger partial charge on any atom is -0.466 e. The first-order chi connectivity index (χ1) is 9.60. The molecule has 0 aromatic carbocycles. The quantitative estimate of drug-likeness (QED) is 0.737. The van der Waals surface area contributed by atoms with Crippen molar-refractivity contribution in [2.24, 2.45) is 11.8 Å². The van der Waals surface area contributed by atoms with Gasteiger partial charge in [-0.15, -0.1) is 0 Å². The molecule has 0 radical (unpaired) electrons. The highest BCUT2D eigenvalue weighted by molar-refractivity contribution is 5.71. The number of ether oxygens (including phenoxy) is 1. The molecule has 0 aromatic rings. The van der Waals surface area contributed by atoms with Gasteiger partial charge >= 0.3 is 5.97 Å². The predicted molar refractivity (Wildman–Crippen MR) is 81.6 cm³/mol. The molecule has 0 aromatic heterocycles. The van der Waals surface area contributed by atoms with Gasteiger partial charge in [-0.05, 0) is 51.1 Å². The van der Waals surface area contributed by atoms with E-state index in [4.69, 9.17) is 4.74 Å². The van der Waals surface area contributed by atoms with Crippen LogP contribution in [0.2, 0.25) is 0 Å². The molecule has 2 fully saturated rings. The third-order valence-electron chi connectivity index (χ3n) is 5.71. The van der Waals surface area contributed by atoms with Crippen LogP contribution in [-0.2, 0) is 9.53 Å². The minimum atomic E-state index is -0.000904. The van der Waals surface area contributed by atoms with Crippen molar-refractivity contribution in [3.05, 3.63) is 0 Å². The SMILES string of the molecule is CCOC(=O)CC1(N2CCCCC2)CCCC(C)C1C. The highest BCUT2D eigenvalue weighted by Gasteiger charge is 2.47. The van der Waals surface area contributed by atoms with Crippen molar-refractivity contribution in [3.8, 4) is 0 Å². The summed E-state index contributed by atoms with van der Waals surface area (Å²) in [6, 6.07) is 0. The Labute approximate surface area is 124 Å². The maximum absolute atomic E-state index is 12.2. The molecule has 20 heavy (non-hydrogen) atoms. The molecule has 0 N–H and O–H groups in total. The van der Waals surface area contributed by atoms with Crippen LogP contribution in [0.25, 0.3) is 0 Å². The molecule has 3 atom stereocenters. The molecule has 3 unspecified atom stereocenters. The van der Waals surface area contributed by atoms with E-state index in [0.717, 1.165) is 19.5 Å². The lowest BCUT2D eigenvalue weighted by Gasteiger charge is -2.53. The fourth-order valence-electron chi connectivity index (χ4n) is 4.35. The number of hydrogen-bond donors (Lipinski definition) is 0. The van der Waals surface area contributed by atoms with Crippen molar-refractivity contribution in [1.29, 1.82) is 0 Å². The maximum atomic E-state index is 12.2. The Kier molecular flexibility index (Phi) is 5.48. The fourth-order valence-corrected chi connectivity index (χ4v) is 4.35. The summed E-state index contributed by atoms with van der Waals surface area (Å²) in [6.07, 6.45) is 8.22. The summed E-state index contributed by atoms with van der Waals surface area (Å²) >= 11 is 0. The van der Waals surface area contributed by atoms with Crippen molar-refractivity contribution >= 4 is 5.97 Å². The third-order valence-corrected chi connectivity index (χ3v) is 5.71. The number of hydrogen-bond acceptors (Lipinski definition) is 3. The van der Waals surface area contributed by atoms with Gasteiger partial charge in [-0.1, -0.05) is 33.1 Å². The minimum absolute atomic E-state index is 0.000904. The van der Waals surface area contributed by atoms with Crippen LogP contribution in [0.3, 0.4) is 0 Å². The van der Waals surface area contributed by atoms with Gasteiger partial charge in [0, 0.05) is 5.54 Å². The molecule has 0 spiro atoms. The predicted octanol–water partition coefficient (Wildman–Crippen LogP) is 3.62. The second-order valence-electron chi connectivity index (χ2n) is 6.79. The monoisotopic (exact) mass is 281 g/mol. The summed E-state index contributed by atoms with van der Waals surface area (Å²) in [7, 11) is 0. The highest BCUT2D eigenvalue weighted by atomic mass is 16.5. The smallest absolute Gasteiger partial charge is 0.307 e. The number of piperidine rings is 1. The summed E-state index contributed by atoms with van der Waals surface area (Å²) in [4.78, 5) is 14.8. The van der Waals surface area contributed by atoms with Crippen LogP contribution in [0.1, 0.15) is 65.7 Å². The molecule has 1 heterocycles. The second-order valence-corrected chi connectivity index (χ2v) is 6.79. The summed E-state index contributed by atoms with van der Waals surface area (Å²) in [5.41, 5.74) is 0.0599. The first-order valence-electron chi connectivity index (χ1n) is 8.51. The van der Waals surface area contributed by atoms with Gasteiger partial charge in [-0.25, -0.2) is 0 Å². The Balaban J connectivity index is 2.19. The van der Waals surface area contributed by atoms with E-state index >= 15 is 0 Å². The van der Waals surface area contributed by atoms with Crippen molar-refractivity contribution < 1.29 is 9.53 Å². The molecular weight excluding hydrogens is 250 g/mol. The molecule has 1 aliphatic heterocycles. The Morgan fingerprint density at radius 2 is 1.90 bits per heavy atom. The number of carbonyl (C=O) groups excluding carboxylic acids is 1. The van der Waals surface area contributed by atoms with Gasteiger partial charge in [-0.3, -0.25) is 9.69 Å². The van der Waals surface area contributed by atoms with Crippen LogP contribution in [0.5, 0.6) is 0 Å². The number of esters is 1. The Morgan fingerprint density at radius 1 is 1.20 bits per heavy atom. The van der Waals surface area contributed by atoms with Gasteiger partial charge < -0.3 is 4.74 Å². The Bertz CT molecular complexity index is 325. The van der Waals surface area contributed by atoms with Crippen molar-refractivity contribution in [3.63, 3.8) is 0 Å². The van der Waals surface area contributed by atoms with Crippen molar-refractivity contribution in [2.75, 3.05) is 19.7 Å². The molecule has 1 aliphatic carbocycles. The van der Waals surface area contributed by atoms with Gasteiger partial charge in [0.15, 0.2) is 0 Å². The molecule has 0 bridgehead atoms. The summed E-state index contributed by atoms with van der Waals surface area (Å²) in [5.74, 6) is 1.29. The summed E-state index contributed by atoms with van der Waals surface area (Å²) in [6.45, 7) is 9.44. The Morgan fingerprint density at radius 3 is 2.55 bits per heavy atom. The lowest BCUT2D eigenvalue weighted by molar-refractivity contribution is -0.150. The molecule has 3 heteroatoms. The molecule has 116 valence electrons. The number of likely N-dealkylation sites (tertiary alicyclic amines) is 1. The topological polar surface area (TPSA) is 29.5 Å². The zero-order valence-corrected chi connectivity index (χ0v) is 13.5. The molecule has 0 amide bonds. The zero-order chi connectivity index (χ0) is 14.6. The largest absolute Gasteiger partial charge is 0.466 e. The standard InChI is InChI=1S/C17H31NO2/c1-4-20-16(19)13-17(18-11-6-5-7-12-18)10-8-9-14(2)15(17)3/h14-15H,4-13H2,1-3H3. The number of nitrogens with zero attached hydrogens (tertiary/aromatic N) is 1. The van der Waals surface area contributed by atoms with E-state index in [1.165, 1.54) is 32.1 Å². The fraction of sp³-hybridized carbons (Fsp3) is 0.941. The number of carbonyl (C=O) groups is 1. The van der Waals surface area contributed by atoms with E-state index in [0.29, 0.717) is 24.9 Å². The lowest BCUT2D eigenvalue weighted by atomic mass is 9.65. The summed E-state index contributed by atoms with van der Waals surface area (Å²) in [5, 5.41) is 0. The van der Waals surface area contributed by atoms with Gasteiger partial charge in [0.25, 0.3) is 0 Å². The van der Waals surface area contributed by atoms with E-state index in [-0.39, 0.29) is 11.5 Å². The molecular formula is C17H31NO2.